The minimum absolute atomic E-state index is 0.0679. The van der Waals surface area contributed by atoms with Crippen LogP contribution in [0, 0.1) is 16.2 Å². The van der Waals surface area contributed by atoms with E-state index in [9.17, 15) is 24.6 Å². The van der Waals surface area contributed by atoms with Crippen LogP contribution in [-0.4, -0.2) is 52.2 Å². The van der Waals surface area contributed by atoms with Crippen molar-refractivity contribution < 1.29 is 38.8 Å². The normalized spacial score (nSPS) is 51.0. The molecule has 2 N–H and O–H groups in total. The van der Waals surface area contributed by atoms with Crippen LogP contribution in [0.5, 0.6) is 0 Å². The molecule has 4 aliphatic rings. The first-order chi connectivity index (χ1) is 10.5. The molecule has 3 heterocycles. The fraction of sp³-hybridized carbons (Fsp3) is 0.800. The molecule has 126 valence electrons. The minimum atomic E-state index is -1.78. The lowest BCUT2D eigenvalue weighted by atomic mass is 9.52. The fourth-order valence-corrected chi connectivity index (χ4v) is 5.15. The average Bonchev–Trinajstić information content (AvgIpc) is 3.00. The number of rotatable bonds is 0. The summed E-state index contributed by atoms with van der Waals surface area (Å²) in [5, 5.41) is 22.2. The Kier molecular flexibility index (Phi) is 2.39. The minimum Gasteiger partial charge on any atom is -0.461 e. The van der Waals surface area contributed by atoms with Crippen LogP contribution in [0.15, 0.2) is 0 Å². The van der Waals surface area contributed by atoms with Crippen LogP contribution >= 0.6 is 0 Å². The first-order valence-corrected chi connectivity index (χ1v) is 7.54. The highest BCUT2D eigenvalue weighted by molar-refractivity contribution is 5.94. The van der Waals surface area contributed by atoms with Crippen molar-refractivity contribution >= 4 is 17.9 Å². The molecule has 8 nitrogen and oxygen atoms in total. The molecular formula is C15H18O8. The van der Waals surface area contributed by atoms with Crippen molar-refractivity contribution in [3.05, 3.63) is 0 Å². The molecule has 3 saturated heterocycles. The third-order valence-electron chi connectivity index (χ3n) is 6.22. The van der Waals surface area contributed by atoms with Gasteiger partial charge in [0.25, 0.3) is 6.29 Å². The highest BCUT2D eigenvalue weighted by Crippen LogP contribution is 2.75. The summed E-state index contributed by atoms with van der Waals surface area (Å²) in [6.45, 7) is 5.19. The molecule has 0 aromatic rings. The summed E-state index contributed by atoms with van der Waals surface area (Å²) in [5.41, 5.74) is -5.91. The molecule has 0 aromatic heterocycles. The summed E-state index contributed by atoms with van der Waals surface area (Å²) < 4.78 is 15.5. The van der Waals surface area contributed by atoms with Gasteiger partial charge in [-0.05, 0) is 5.41 Å². The second-order valence-corrected chi connectivity index (χ2v) is 7.89. The number of esters is 3. The van der Waals surface area contributed by atoms with Gasteiger partial charge in [0.15, 0.2) is 6.10 Å². The standard InChI is InChI=1S/C15H18O8/c1-12(2,3)14(20)4-6-13(5-7(16)21-6)10(19)23-11-15(13,14)8(17)9(18)22-11/h6,8,11,17,20H,4-5H2,1-3H3/t6-,8+,11+,13-,14+,15-/m0/s1. The highest BCUT2D eigenvalue weighted by atomic mass is 16.7. The van der Waals surface area contributed by atoms with Crippen LogP contribution < -0.4 is 0 Å². The summed E-state index contributed by atoms with van der Waals surface area (Å²) in [6, 6.07) is 0. The zero-order valence-electron chi connectivity index (χ0n) is 13.0. The number of hydrogen-bond donors (Lipinski definition) is 2. The van der Waals surface area contributed by atoms with Crippen molar-refractivity contribution in [1.29, 1.82) is 0 Å². The molecule has 0 unspecified atom stereocenters. The number of carbonyl (C=O) groups is 3. The number of hydrogen-bond acceptors (Lipinski definition) is 8. The van der Waals surface area contributed by atoms with E-state index >= 15 is 0 Å². The van der Waals surface area contributed by atoms with Crippen LogP contribution in [0.4, 0.5) is 0 Å². The van der Waals surface area contributed by atoms with E-state index in [1.807, 2.05) is 0 Å². The predicted molar refractivity (Wildman–Crippen MR) is 70.4 cm³/mol. The van der Waals surface area contributed by atoms with Gasteiger partial charge in [-0.2, -0.15) is 0 Å². The monoisotopic (exact) mass is 326 g/mol. The molecule has 0 bridgehead atoms. The first-order valence-electron chi connectivity index (χ1n) is 7.54. The second kappa shape index (κ2) is 3.70. The predicted octanol–water partition coefficient (Wildman–Crippen LogP) is -0.744. The number of aliphatic hydroxyl groups excluding tert-OH is 1. The maximum Gasteiger partial charge on any atom is 0.339 e. The maximum atomic E-state index is 12.6. The largest absolute Gasteiger partial charge is 0.461 e. The molecule has 8 heteroatoms. The summed E-state index contributed by atoms with van der Waals surface area (Å²) in [4.78, 5) is 36.5. The van der Waals surface area contributed by atoms with Gasteiger partial charge in [-0.1, -0.05) is 20.8 Å². The van der Waals surface area contributed by atoms with Gasteiger partial charge >= 0.3 is 17.9 Å². The Hall–Kier alpha value is -1.67. The van der Waals surface area contributed by atoms with Crippen LogP contribution in [0.25, 0.3) is 0 Å². The first kappa shape index (κ1) is 14.9. The molecule has 3 aliphatic heterocycles. The van der Waals surface area contributed by atoms with E-state index < -0.39 is 58.3 Å². The van der Waals surface area contributed by atoms with Crippen molar-refractivity contribution in [2.75, 3.05) is 0 Å². The summed E-state index contributed by atoms with van der Waals surface area (Å²) in [7, 11) is 0. The Morgan fingerprint density at radius 2 is 1.78 bits per heavy atom. The Morgan fingerprint density at radius 1 is 1.13 bits per heavy atom. The van der Waals surface area contributed by atoms with Gasteiger partial charge in [-0.15, -0.1) is 0 Å². The SMILES string of the molecule is CC(C)(C)[C@]1(O)C[C@@H]2OC(=O)C[C@@]23C(=O)O[C@H]2OC(=O)[C@@H](O)[C@@]213. The molecule has 6 atom stereocenters. The van der Waals surface area contributed by atoms with E-state index in [1.165, 1.54) is 0 Å². The fourth-order valence-electron chi connectivity index (χ4n) is 5.15. The van der Waals surface area contributed by atoms with Gasteiger partial charge in [-0.25, -0.2) is 4.79 Å². The molecule has 0 amide bonds. The summed E-state index contributed by atoms with van der Waals surface area (Å²) in [5.74, 6) is -2.36. The Morgan fingerprint density at radius 3 is 2.39 bits per heavy atom. The average molecular weight is 326 g/mol. The van der Waals surface area contributed by atoms with Crippen molar-refractivity contribution in [2.45, 2.75) is 57.7 Å². The zero-order valence-corrected chi connectivity index (χ0v) is 13.0. The number of aliphatic hydroxyl groups is 2. The molecule has 4 rings (SSSR count). The smallest absolute Gasteiger partial charge is 0.339 e. The maximum absolute atomic E-state index is 12.6. The Bertz CT molecular complexity index is 650. The van der Waals surface area contributed by atoms with Gasteiger partial charge in [0, 0.05) is 6.42 Å². The van der Waals surface area contributed by atoms with E-state index in [4.69, 9.17) is 14.2 Å². The van der Waals surface area contributed by atoms with Gasteiger partial charge in [-0.3, -0.25) is 9.59 Å². The van der Waals surface area contributed by atoms with E-state index in [2.05, 4.69) is 0 Å². The van der Waals surface area contributed by atoms with E-state index in [1.54, 1.807) is 20.8 Å². The van der Waals surface area contributed by atoms with Crippen LogP contribution in [0.2, 0.25) is 0 Å². The van der Waals surface area contributed by atoms with E-state index in [0.717, 1.165) is 0 Å². The molecule has 1 aliphatic carbocycles. The summed E-state index contributed by atoms with van der Waals surface area (Å²) >= 11 is 0. The van der Waals surface area contributed by atoms with Gasteiger partial charge in [0.2, 0.25) is 0 Å². The van der Waals surface area contributed by atoms with Gasteiger partial charge < -0.3 is 24.4 Å². The molecule has 23 heavy (non-hydrogen) atoms. The zero-order chi connectivity index (χ0) is 17.0. The molecule has 2 spiro atoms. The van der Waals surface area contributed by atoms with Crippen molar-refractivity contribution in [3.8, 4) is 0 Å². The Labute approximate surface area is 131 Å². The summed E-state index contributed by atoms with van der Waals surface area (Å²) in [6.07, 6.45) is -4.58. The molecule has 0 aromatic carbocycles. The van der Waals surface area contributed by atoms with E-state index in [-0.39, 0.29) is 12.8 Å². The van der Waals surface area contributed by atoms with Crippen LogP contribution in [0.1, 0.15) is 33.6 Å². The highest BCUT2D eigenvalue weighted by Gasteiger charge is 2.92. The number of ether oxygens (including phenoxy) is 3. The lowest BCUT2D eigenvalue weighted by Gasteiger charge is -2.49. The molecule has 0 radical (unpaired) electrons. The lowest BCUT2D eigenvalue weighted by Crippen LogP contribution is -2.65. The van der Waals surface area contributed by atoms with Gasteiger partial charge in [0.05, 0.1) is 12.0 Å². The molecule has 1 saturated carbocycles. The van der Waals surface area contributed by atoms with Crippen LogP contribution in [0.3, 0.4) is 0 Å². The van der Waals surface area contributed by atoms with Crippen LogP contribution in [-0.2, 0) is 28.6 Å². The third-order valence-corrected chi connectivity index (χ3v) is 6.22. The third kappa shape index (κ3) is 1.20. The number of carbonyl (C=O) groups excluding carboxylic acids is 3. The van der Waals surface area contributed by atoms with Crippen molar-refractivity contribution in [3.63, 3.8) is 0 Å². The van der Waals surface area contributed by atoms with Gasteiger partial charge in [0.1, 0.15) is 16.9 Å². The quantitative estimate of drug-likeness (QED) is 0.558. The molecule has 4 fully saturated rings. The second-order valence-electron chi connectivity index (χ2n) is 7.89. The Balaban J connectivity index is 2.05. The molecular weight excluding hydrogens is 308 g/mol. The topological polar surface area (TPSA) is 119 Å². The van der Waals surface area contributed by atoms with Crippen molar-refractivity contribution in [2.24, 2.45) is 16.2 Å². The lowest BCUT2D eigenvalue weighted by molar-refractivity contribution is -0.224. The van der Waals surface area contributed by atoms with Crippen molar-refractivity contribution in [1.82, 2.24) is 0 Å². The van der Waals surface area contributed by atoms with E-state index in [0.29, 0.717) is 0 Å².